The van der Waals surface area contributed by atoms with Crippen LogP contribution in [-0.2, 0) is 0 Å². The minimum absolute atomic E-state index is 0.0567. The standard InChI is InChI=1S/C10H8F4O/c1-6(10(12,13)14)8-5-7(11)3-4-9(8)15-2/h3-5H,1H2,2H3. The van der Waals surface area contributed by atoms with E-state index >= 15 is 0 Å². The average Bonchev–Trinajstić information content (AvgIpc) is 2.15. The van der Waals surface area contributed by atoms with Gasteiger partial charge in [0.25, 0.3) is 0 Å². The molecule has 0 N–H and O–H groups in total. The van der Waals surface area contributed by atoms with Crippen LogP contribution in [0.15, 0.2) is 24.8 Å². The Balaban J connectivity index is 3.23. The van der Waals surface area contributed by atoms with Gasteiger partial charge in [-0.1, -0.05) is 6.58 Å². The van der Waals surface area contributed by atoms with Crippen LogP contribution in [0.3, 0.4) is 0 Å². The van der Waals surface area contributed by atoms with Gasteiger partial charge in [0, 0.05) is 5.56 Å². The summed E-state index contributed by atoms with van der Waals surface area (Å²) in [5, 5.41) is 0. The Morgan fingerprint density at radius 2 is 1.93 bits per heavy atom. The van der Waals surface area contributed by atoms with E-state index in [-0.39, 0.29) is 11.3 Å². The fourth-order valence-electron chi connectivity index (χ4n) is 1.07. The molecule has 0 saturated carbocycles. The SMILES string of the molecule is C=C(c1cc(F)ccc1OC)C(F)(F)F. The molecule has 82 valence electrons. The van der Waals surface area contributed by atoms with Crippen molar-refractivity contribution in [1.29, 1.82) is 0 Å². The van der Waals surface area contributed by atoms with Crippen molar-refractivity contribution in [2.24, 2.45) is 0 Å². The summed E-state index contributed by atoms with van der Waals surface area (Å²) in [6, 6.07) is 2.89. The molecule has 0 unspecified atom stereocenters. The molecule has 5 heteroatoms. The number of rotatable bonds is 2. The molecular formula is C10H8F4O. The maximum absolute atomic E-state index is 12.8. The van der Waals surface area contributed by atoms with Crippen molar-refractivity contribution in [2.45, 2.75) is 6.18 Å². The summed E-state index contributed by atoms with van der Waals surface area (Å²) in [6.45, 7) is 2.87. The molecule has 0 aromatic heterocycles. The van der Waals surface area contributed by atoms with Crippen molar-refractivity contribution in [3.05, 3.63) is 36.2 Å². The van der Waals surface area contributed by atoms with E-state index in [1.165, 1.54) is 7.11 Å². The van der Waals surface area contributed by atoms with Crippen molar-refractivity contribution in [1.82, 2.24) is 0 Å². The zero-order valence-corrected chi connectivity index (χ0v) is 7.86. The Labute approximate surface area is 84.0 Å². The molecule has 0 radical (unpaired) electrons. The summed E-state index contributed by atoms with van der Waals surface area (Å²) < 4.78 is 54.4. The summed E-state index contributed by atoms with van der Waals surface area (Å²) in [6.07, 6.45) is -4.60. The maximum Gasteiger partial charge on any atom is 0.416 e. The number of allylic oxidation sites excluding steroid dienone is 1. The molecule has 0 atom stereocenters. The number of hydrogen-bond acceptors (Lipinski definition) is 1. The molecule has 1 aromatic carbocycles. The van der Waals surface area contributed by atoms with Crippen molar-refractivity contribution in [3.8, 4) is 5.75 Å². The smallest absolute Gasteiger partial charge is 0.416 e. The summed E-state index contributed by atoms with van der Waals surface area (Å²) in [7, 11) is 1.21. The lowest BCUT2D eigenvalue weighted by Gasteiger charge is -2.13. The maximum atomic E-state index is 12.8. The first-order valence-corrected chi connectivity index (χ1v) is 3.96. The summed E-state index contributed by atoms with van der Waals surface area (Å²) in [5.41, 5.74) is -1.51. The largest absolute Gasteiger partial charge is 0.496 e. The predicted octanol–water partition coefficient (Wildman–Crippen LogP) is 3.41. The molecule has 0 aliphatic rings. The van der Waals surface area contributed by atoms with Gasteiger partial charge in [0.05, 0.1) is 12.7 Å². The molecule has 1 aromatic rings. The highest BCUT2D eigenvalue weighted by molar-refractivity contribution is 5.72. The highest BCUT2D eigenvalue weighted by Gasteiger charge is 2.34. The fourth-order valence-corrected chi connectivity index (χ4v) is 1.07. The molecule has 0 spiro atoms. The summed E-state index contributed by atoms with van der Waals surface area (Å²) in [5.74, 6) is -0.824. The third-order valence-electron chi connectivity index (χ3n) is 1.83. The van der Waals surface area contributed by atoms with Crippen LogP contribution < -0.4 is 4.74 Å². The molecule has 1 rings (SSSR count). The Morgan fingerprint density at radius 1 is 1.33 bits per heavy atom. The highest BCUT2D eigenvalue weighted by atomic mass is 19.4. The molecule has 0 saturated heterocycles. The second-order valence-corrected chi connectivity index (χ2v) is 2.82. The van der Waals surface area contributed by atoms with Crippen LogP contribution in [0.5, 0.6) is 5.75 Å². The number of methoxy groups -OCH3 is 1. The molecule has 0 fully saturated rings. The van der Waals surface area contributed by atoms with Gasteiger partial charge in [-0.3, -0.25) is 0 Å². The average molecular weight is 220 g/mol. The first-order chi connectivity index (χ1) is 6.86. The lowest BCUT2D eigenvalue weighted by Crippen LogP contribution is -2.10. The molecule has 0 heterocycles. The first kappa shape index (κ1) is 11.6. The van der Waals surface area contributed by atoms with Crippen LogP contribution in [0.4, 0.5) is 17.6 Å². The normalized spacial score (nSPS) is 11.3. The summed E-state index contributed by atoms with van der Waals surface area (Å²) >= 11 is 0. The second kappa shape index (κ2) is 3.92. The van der Waals surface area contributed by atoms with Crippen molar-refractivity contribution in [3.63, 3.8) is 0 Å². The van der Waals surface area contributed by atoms with E-state index in [2.05, 4.69) is 11.3 Å². The Bertz CT molecular complexity index is 381. The highest BCUT2D eigenvalue weighted by Crippen LogP contribution is 2.37. The van der Waals surface area contributed by atoms with Gasteiger partial charge < -0.3 is 4.74 Å². The molecular weight excluding hydrogens is 212 g/mol. The topological polar surface area (TPSA) is 9.23 Å². The Kier molecular flexibility index (Phi) is 3.02. The molecule has 0 bridgehead atoms. The zero-order valence-electron chi connectivity index (χ0n) is 7.86. The van der Waals surface area contributed by atoms with Crippen LogP contribution in [0.25, 0.3) is 5.57 Å². The van der Waals surface area contributed by atoms with E-state index in [0.29, 0.717) is 0 Å². The number of ether oxygens (including phenoxy) is 1. The minimum Gasteiger partial charge on any atom is -0.496 e. The molecule has 1 nitrogen and oxygen atoms in total. The van der Waals surface area contributed by atoms with Crippen LogP contribution in [0.1, 0.15) is 5.56 Å². The second-order valence-electron chi connectivity index (χ2n) is 2.82. The number of benzene rings is 1. The number of halogens is 4. The quantitative estimate of drug-likeness (QED) is 0.694. The van der Waals surface area contributed by atoms with Crippen molar-refractivity contribution >= 4 is 5.57 Å². The van der Waals surface area contributed by atoms with Gasteiger partial charge in [0.1, 0.15) is 11.6 Å². The summed E-state index contributed by atoms with van der Waals surface area (Å²) in [4.78, 5) is 0. The molecule has 0 amide bonds. The fraction of sp³-hybridized carbons (Fsp3) is 0.200. The van der Waals surface area contributed by atoms with Gasteiger partial charge in [-0.15, -0.1) is 0 Å². The van der Waals surface area contributed by atoms with E-state index in [1.54, 1.807) is 0 Å². The van der Waals surface area contributed by atoms with Gasteiger partial charge in [0.15, 0.2) is 0 Å². The third-order valence-corrected chi connectivity index (χ3v) is 1.83. The third kappa shape index (κ3) is 2.49. The van der Waals surface area contributed by atoms with Crippen molar-refractivity contribution < 1.29 is 22.3 Å². The Hall–Kier alpha value is -1.52. The van der Waals surface area contributed by atoms with Crippen molar-refractivity contribution in [2.75, 3.05) is 7.11 Å². The lowest BCUT2D eigenvalue weighted by atomic mass is 10.1. The van der Waals surface area contributed by atoms with E-state index in [4.69, 9.17) is 0 Å². The van der Waals surface area contributed by atoms with Crippen LogP contribution in [-0.4, -0.2) is 13.3 Å². The first-order valence-electron chi connectivity index (χ1n) is 3.96. The van der Waals surface area contributed by atoms with Crippen LogP contribution in [0.2, 0.25) is 0 Å². The van der Waals surface area contributed by atoms with E-state index in [9.17, 15) is 17.6 Å². The van der Waals surface area contributed by atoms with E-state index in [0.717, 1.165) is 18.2 Å². The zero-order chi connectivity index (χ0) is 11.6. The van der Waals surface area contributed by atoms with E-state index < -0.39 is 17.6 Å². The molecule has 0 aliphatic carbocycles. The van der Waals surface area contributed by atoms with Gasteiger partial charge in [-0.2, -0.15) is 13.2 Å². The lowest BCUT2D eigenvalue weighted by molar-refractivity contribution is -0.0687. The van der Waals surface area contributed by atoms with Gasteiger partial charge >= 0.3 is 6.18 Å². The monoisotopic (exact) mass is 220 g/mol. The number of hydrogen-bond donors (Lipinski definition) is 0. The number of alkyl halides is 3. The van der Waals surface area contributed by atoms with E-state index in [1.807, 2.05) is 0 Å². The molecule has 0 aliphatic heterocycles. The predicted molar refractivity (Wildman–Crippen MR) is 48.0 cm³/mol. The minimum atomic E-state index is -4.60. The Morgan fingerprint density at radius 3 is 2.40 bits per heavy atom. The van der Waals surface area contributed by atoms with Crippen LogP contribution in [0, 0.1) is 5.82 Å². The van der Waals surface area contributed by atoms with Crippen LogP contribution >= 0.6 is 0 Å². The van der Waals surface area contributed by atoms with Gasteiger partial charge in [-0.25, -0.2) is 4.39 Å². The van der Waals surface area contributed by atoms with Gasteiger partial charge in [-0.05, 0) is 18.2 Å². The van der Waals surface area contributed by atoms with Gasteiger partial charge in [0.2, 0.25) is 0 Å². The molecule has 15 heavy (non-hydrogen) atoms.